The summed E-state index contributed by atoms with van der Waals surface area (Å²) >= 11 is 0. The van der Waals surface area contributed by atoms with Crippen molar-refractivity contribution in [3.05, 3.63) is 57.7 Å². The van der Waals surface area contributed by atoms with Crippen molar-refractivity contribution in [2.24, 2.45) is 0 Å². The lowest BCUT2D eigenvalue weighted by atomic mass is 10.1. The van der Waals surface area contributed by atoms with Gasteiger partial charge in [-0.25, -0.2) is 0 Å². The first-order valence-corrected chi connectivity index (χ1v) is 5.89. The first kappa shape index (κ1) is 13.7. The van der Waals surface area contributed by atoms with E-state index < -0.39 is 4.92 Å². The fourth-order valence-corrected chi connectivity index (χ4v) is 1.69. The van der Waals surface area contributed by atoms with Crippen LogP contribution < -0.4 is 4.74 Å². The number of rotatable bonds is 4. The van der Waals surface area contributed by atoms with Crippen LogP contribution in [0.3, 0.4) is 0 Å². The van der Waals surface area contributed by atoms with E-state index in [9.17, 15) is 10.1 Å². The first-order valence-electron chi connectivity index (χ1n) is 5.89. The number of nitro groups is 1. The quantitative estimate of drug-likeness (QED) is 0.631. The molecule has 1 heterocycles. The maximum absolute atomic E-state index is 10.8. The second kappa shape index (κ2) is 5.92. The summed E-state index contributed by atoms with van der Waals surface area (Å²) in [7, 11) is 1.40. The molecule has 1 aromatic carbocycles. The largest absolute Gasteiger partial charge is 0.490 e. The number of hydrogen-bond donors (Lipinski definition) is 0. The van der Waals surface area contributed by atoms with Crippen LogP contribution in [0.5, 0.6) is 5.75 Å². The Bertz CT molecular complexity index is 668. The minimum Gasteiger partial charge on any atom is -0.490 e. The van der Waals surface area contributed by atoms with Gasteiger partial charge in [-0.15, -0.1) is 0 Å². The summed E-state index contributed by atoms with van der Waals surface area (Å²) in [5.41, 5.74) is 2.28. The highest BCUT2D eigenvalue weighted by Crippen LogP contribution is 2.28. The minimum absolute atomic E-state index is 0.0556. The SMILES string of the molecule is COc1cc(/C=C/c2cncc(C)n2)ccc1[N+](=O)[O-]. The number of aromatic nitrogens is 2. The molecule has 0 saturated carbocycles. The molecule has 0 fully saturated rings. The number of aryl methyl sites for hydroxylation is 1. The molecule has 0 unspecified atom stereocenters. The van der Waals surface area contributed by atoms with Crippen LogP contribution in [0.1, 0.15) is 17.0 Å². The molecule has 0 bridgehead atoms. The summed E-state index contributed by atoms with van der Waals surface area (Å²) in [5, 5.41) is 10.8. The van der Waals surface area contributed by atoms with Gasteiger partial charge >= 0.3 is 5.69 Å². The topological polar surface area (TPSA) is 78.2 Å². The molecule has 0 aliphatic carbocycles. The Labute approximate surface area is 115 Å². The summed E-state index contributed by atoms with van der Waals surface area (Å²) in [6.45, 7) is 1.86. The average molecular weight is 271 g/mol. The highest BCUT2D eigenvalue weighted by atomic mass is 16.6. The number of ether oxygens (including phenoxy) is 1. The molecule has 0 aliphatic rings. The number of methoxy groups -OCH3 is 1. The van der Waals surface area contributed by atoms with Gasteiger partial charge in [-0.2, -0.15) is 0 Å². The summed E-state index contributed by atoms with van der Waals surface area (Å²) in [5.74, 6) is 0.229. The van der Waals surface area contributed by atoms with Crippen LogP contribution in [-0.2, 0) is 0 Å². The highest BCUT2D eigenvalue weighted by Gasteiger charge is 2.13. The van der Waals surface area contributed by atoms with Crippen molar-refractivity contribution in [2.45, 2.75) is 6.92 Å². The Hall–Kier alpha value is -2.76. The molecule has 20 heavy (non-hydrogen) atoms. The van der Waals surface area contributed by atoms with Crippen molar-refractivity contribution in [1.82, 2.24) is 9.97 Å². The molecule has 6 nitrogen and oxygen atoms in total. The van der Waals surface area contributed by atoms with Gasteiger partial charge in [0.2, 0.25) is 0 Å². The number of benzene rings is 1. The molecule has 0 N–H and O–H groups in total. The van der Waals surface area contributed by atoms with Crippen LogP contribution in [0.15, 0.2) is 30.6 Å². The zero-order valence-corrected chi connectivity index (χ0v) is 11.1. The van der Waals surface area contributed by atoms with Gasteiger partial charge in [0.1, 0.15) is 0 Å². The maximum atomic E-state index is 10.8. The molecule has 2 aromatic rings. The van der Waals surface area contributed by atoms with Crippen LogP contribution >= 0.6 is 0 Å². The normalized spacial score (nSPS) is 10.7. The van der Waals surface area contributed by atoms with Crippen molar-refractivity contribution in [2.75, 3.05) is 7.11 Å². The third kappa shape index (κ3) is 3.17. The van der Waals surface area contributed by atoms with E-state index in [2.05, 4.69) is 9.97 Å². The van der Waals surface area contributed by atoms with Crippen LogP contribution in [0.2, 0.25) is 0 Å². The number of hydrogen-bond acceptors (Lipinski definition) is 5. The Kier molecular flexibility index (Phi) is 4.05. The van der Waals surface area contributed by atoms with Crippen LogP contribution in [0.25, 0.3) is 12.2 Å². The number of nitrogens with zero attached hydrogens (tertiary/aromatic N) is 3. The fourth-order valence-electron chi connectivity index (χ4n) is 1.69. The predicted octanol–water partition coefficient (Wildman–Crippen LogP) is 2.87. The van der Waals surface area contributed by atoms with Gasteiger partial charge in [-0.1, -0.05) is 6.08 Å². The molecule has 6 heteroatoms. The molecule has 0 spiro atoms. The fraction of sp³-hybridized carbons (Fsp3) is 0.143. The van der Waals surface area contributed by atoms with E-state index in [1.165, 1.54) is 13.2 Å². The van der Waals surface area contributed by atoms with Gasteiger partial charge in [-0.3, -0.25) is 20.1 Å². The lowest BCUT2D eigenvalue weighted by Crippen LogP contribution is -1.93. The van der Waals surface area contributed by atoms with Crippen molar-refractivity contribution >= 4 is 17.8 Å². The second-order valence-corrected chi connectivity index (χ2v) is 4.11. The van der Waals surface area contributed by atoms with E-state index in [4.69, 9.17) is 4.74 Å². The molecule has 2 rings (SSSR count). The van der Waals surface area contributed by atoms with Crippen molar-refractivity contribution in [1.29, 1.82) is 0 Å². The molecule has 0 aliphatic heterocycles. The summed E-state index contributed by atoms with van der Waals surface area (Å²) < 4.78 is 5.01. The minimum atomic E-state index is -0.474. The third-order valence-electron chi connectivity index (χ3n) is 2.62. The lowest BCUT2D eigenvalue weighted by molar-refractivity contribution is -0.385. The Morgan fingerprint density at radius 2 is 2.10 bits per heavy atom. The molecule has 102 valence electrons. The molecule has 0 amide bonds. The number of nitro benzene ring substituents is 1. The van der Waals surface area contributed by atoms with Gasteiger partial charge in [0.05, 0.1) is 29.6 Å². The van der Waals surface area contributed by atoms with Crippen LogP contribution in [-0.4, -0.2) is 22.0 Å². The van der Waals surface area contributed by atoms with E-state index in [1.54, 1.807) is 36.7 Å². The first-order chi connectivity index (χ1) is 9.60. The zero-order chi connectivity index (χ0) is 14.5. The van der Waals surface area contributed by atoms with Crippen LogP contribution in [0.4, 0.5) is 5.69 Å². The maximum Gasteiger partial charge on any atom is 0.310 e. The summed E-state index contributed by atoms with van der Waals surface area (Å²) in [6.07, 6.45) is 6.91. The summed E-state index contributed by atoms with van der Waals surface area (Å²) in [6, 6.07) is 4.68. The standard InChI is InChI=1S/C14H13N3O3/c1-10-8-15-9-12(16-10)5-3-11-4-6-13(17(18)19)14(7-11)20-2/h3-9H,1-2H3/b5-3+. The molecular weight excluding hydrogens is 258 g/mol. The van der Waals surface area contributed by atoms with E-state index >= 15 is 0 Å². The van der Waals surface area contributed by atoms with E-state index in [-0.39, 0.29) is 11.4 Å². The monoisotopic (exact) mass is 271 g/mol. The van der Waals surface area contributed by atoms with Crippen molar-refractivity contribution in [3.63, 3.8) is 0 Å². The van der Waals surface area contributed by atoms with Crippen molar-refractivity contribution < 1.29 is 9.66 Å². The molecule has 0 atom stereocenters. The van der Waals surface area contributed by atoms with Gasteiger partial charge in [0.25, 0.3) is 0 Å². The van der Waals surface area contributed by atoms with Gasteiger partial charge in [0, 0.05) is 12.3 Å². The molecular formula is C14H13N3O3. The van der Waals surface area contributed by atoms with E-state index in [0.717, 1.165) is 17.0 Å². The molecule has 0 saturated heterocycles. The Morgan fingerprint density at radius 1 is 1.30 bits per heavy atom. The van der Waals surface area contributed by atoms with Crippen LogP contribution in [0, 0.1) is 17.0 Å². The second-order valence-electron chi connectivity index (χ2n) is 4.11. The average Bonchev–Trinajstić information content (AvgIpc) is 2.44. The van der Waals surface area contributed by atoms with Gasteiger partial charge < -0.3 is 4.74 Å². The van der Waals surface area contributed by atoms with Crippen molar-refractivity contribution in [3.8, 4) is 5.75 Å². The zero-order valence-electron chi connectivity index (χ0n) is 11.1. The predicted molar refractivity (Wildman–Crippen MR) is 75.3 cm³/mol. The summed E-state index contributed by atoms with van der Waals surface area (Å²) in [4.78, 5) is 18.7. The van der Waals surface area contributed by atoms with E-state index in [0.29, 0.717) is 0 Å². The smallest absolute Gasteiger partial charge is 0.310 e. The lowest BCUT2D eigenvalue weighted by Gasteiger charge is -2.02. The molecule has 1 aromatic heterocycles. The highest BCUT2D eigenvalue weighted by molar-refractivity contribution is 5.69. The third-order valence-corrected chi connectivity index (χ3v) is 2.62. The van der Waals surface area contributed by atoms with E-state index in [1.807, 2.05) is 6.92 Å². The van der Waals surface area contributed by atoms with Gasteiger partial charge in [-0.05, 0) is 30.7 Å². The Morgan fingerprint density at radius 3 is 2.75 bits per heavy atom. The Balaban J connectivity index is 2.28. The van der Waals surface area contributed by atoms with Gasteiger partial charge in [0.15, 0.2) is 5.75 Å². The molecule has 0 radical (unpaired) electrons.